The molecule has 122 valence electrons. The number of esters is 1. The van der Waals surface area contributed by atoms with E-state index in [4.69, 9.17) is 9.47 Å². The number of aromatic nitrogens is 2. The van der Waals surface area contributed by atoms with E-state index in [2.05, 4.69) is 22.3 Å². The van der Waals surface area contributed by atoms with Crippen LogP contribution in [0.3, 0.4) is 0 Å². The normalized spacial score (nSPS) is 27.8. The standard InChI is InChI=1S/C12H16N2O7S/c1-19-8(16)5-20-4-6-9(17)10(22)11(21-6)14-3-2-7(15)13-12(14)18/h2-3,6,9-11,17,22H,4-5H2,1H3,(H,13,15,18)/t6-,9-,10-,11-/m1/s1. The second-order valence-electron chi connectivity index (χ2n) is 4.65. The molecule has 0 radical (unpaired) electrons. The first-order chi connectivity index (χ1) is 10.4. The number of hydrogen-bond acceptors (Lipinski definition) is 8. The summed E-state index contributed by atoms with van der Waals surface area (Å²) in [4.78, 5) is 35.9. The molecule has 22 heavy (non-hydrogen) atoms. The van der Waals surface area contributed by atoms with Gasteiger partial charge in [-0.1, -0.05) is 0 Å². The summed E-state index contributed by atoms with van der Waals surface area (Å²) in [5.74, 6) is -0.552. The number of carbonyl (C=O) groups is 1. The lowest BCUT2D eigenvalue weighted by molar-refractivity contribution is -0.148. The maximum atomic E-state index is 11.7. The fourth-order valence-electron chi connectivity index (χ4n) is 2.04. The number of aliphatic hydroxyl groups excluding tert-OH is 1. The molecular formula is C12H16N2O7S. The van der Waals surface area contributed by atoms with Crippen molar-refractivity contribution in [2.45, 2.75) is 23.7 Å². The van der Waals surface area contributed by atoms with Crippen LogP contribution in [0.25, 0.3) is 0 Å². The van der Waals surface area contributed by atoms with Crippen molar-refractivity contribution in [2.75, 3.05) is 20.3 Å². The van der Waals surface area contributed by atoms with Crippen molar-refractivity contribution in [3.05, 3.63) is 33.1 Å². The maximum Gasteiger partial charge on any atom is 0.331 e. The lowest BCUT2D eigenvalue weighted by Gasteiger charge is -2.16. The Bertz CT molecular complexity index is 643. The average molecular weight is 332 g/mol. The van der Waals surface area contributed by atoms with Crippen LogP contribution in [-0.4, -0.2) is 58.4 Å². The highest BCUT2D eigenvalue weighted by molar-refractivity contribution is 7.81. The van der Waals surface area contributed by atoms with Gasteiger partial charge in [-0.15, -0.1) is 0 Å². The molecule has 1 aromatic heterocycles. The third-order valence-electron chi connectivity index (χ3n) is 3.19. The van der Waals surface area contributed by atoms with Gasteiger partial charge in [0.25, 0.3) is 5.56 Å². The van der Waals surface area contributed by atoms with Crippen LogP contribution >= 0.6 is 12.6 Å². The van der Waals surface area contributed by atoms with Crippen LogP contribution in [0.15, 0.2) is 21.9 Å². The van der Waals surface area contributed by atoms with Crippen molar-refractivity contribution in [2.24, 2.45) is 0 Å². The summed E-state index contributed by atoms with van der Waals surface area (Å²) in [5, 5.41) is 9.37. The molecular weight excluding hydrogens is 316 g/mol. The van der Waals surface area contributed by atoms with Crippen molar-refractivity contribution in [1.29, 1.82) is 0 Å². The average Bonchev–Trinajstić information content (AvgIpc) is 2.75. The second-order valence-corrected chi connectivity index (χ2v) is 5.25. The number of thiol groups is 1. The summed E-state index contributed by atoms with van der Waals surface area (Å²) >= 11 is 4.23. The van der Waals surface area contributed by atoms with Gasteiger partial charge in [0.05, 0.1) is 25.1 Å². The Morgan fingerprint density at radius 1 is 1.55 bits per heavy atom. The van der Waals surface area contributed by atoms with Crippen molar-refractivity contribution < 1.29 is 24.1 Å². The Labute approximate surface area is 130 Å². The van der Waals surface area contributed by atoms with E-state index in [1.165, 1.54) is 19.4 Å². The van der Waals surface area contributed by atoms with Crippen LogP contribution in [-0.2, 0) is 19.0 Å². The van der Waals surface area contributed by atoms with Gasteiger partial charge in [-0.05, 0) is 0 Å². The number of hydrogen-bond donors (Lipinski definition) is 3. The number of methoxy groups -OCH3 is 1. The van der Waals surface area contributed by atoms with Gasteiger partial charge >= 0.3 is 11.7 Å². The number of carbonyl (C=O) groups excluding carboxylic acids is 1. The lowest BCUT2D eigenvalue weighted by atomic mass is 10.2. The van der Waals surface area contributed by atoms with E-state index < -0.39 is 40.9 Å². The van der Waals surface area contributed by atoms with E-state index in [0.717, 1.165) is 4.57 Å². The largest absolute Gasteiger partial charge is 0.467 e. The molecule has 1 aliphatic heterocycles. The molecule has 0 aromatic carbocycles. The second kappa shape index (κ2) is 7.09. The molecule has 0 unspecified atom stereocenters. The Morgan fingerprint density at radius 3 is 2.91 bits per heavy atom. The summed E-state index contributed by atoms with van der Waals surface area (Å²) in [6.07, 6.45) is -1.38. The third kappa shape index (κ3) is 3.58. The Kier molecular flexibility index (Phi) is 5.40. The lowest BCUT2D eigenvalue weighted by Crippen LogP contribution is -2.35. The topological polar surface area (TPSA) is 120 Å². The molecule has 2 rings (SSSR count). The minimum Gasteiger partial charge on any atom is -0.467 e. The Hall–Kier alpha value is -1.62. The molecule has 0 bridgehead atoms. The predicted molar refractivity (Wildman–Crippen MR) is 76.8 cm³/mol. The SMILES string of the molecule is COC(=O)COC[C@H]1O[C@@H](n2ccc(=O)[nH]c2=O)[C@H](S)[C@@H]1O. The van der Waals surface area contributed by atoms with Gasteiger partial charge in [0.1, 0.15) is 12.7 Å². The Morgan fingerprint density at radius 2 is 2.27 bits per heavy atom. The van der Waals surface area contributed by atoms with Gasteiger partial charge in [0.2, 0.25) is 0 Å². The summed E-state index contributed by atoms with van der Waals surface area (Å²) in [7, 11) is 1.23. The van der Waals surface area contributed by atoms with Crippen molar-refractivity contribution in [3.8, 4) is 0 Å². The molecule has 1 aromatic rings. The number of rotatable bonds is 5. The molecule has 2 heterocycles. The van der Waals surface area contributed by atoms with Crippen LogP contribution in [0.4, 0.5) is 0 Å². The summed E-state index contributed by atoms with van der Waals surface area (Å²) in [6.45, 7) is -0.342. The molecule has 1 aliphatic rings. The van der Waals surface area contributed by atoms with Gasteiger partial charge in [-0.3, -0.25) is 14.3 Å². The minimum atomic E-state index is -1.01. The number of nitrogens with zero attached hydrogens (tertiary/aromatic N) is 1. The number of nitrogens with one attached hydrogen (secondary N) is 1. The van der Waals surface area contributed by atoms with E-state index >= 15 is 0 Å². The zero-order chi connectivity index (χ0) is 16.3. The number of aromatic amines is 1. The van der Waals surface area contributed by atoms with Gasteiger partial charge in [0.15, 0.2) is 6.23 Å². The summed E-state index contributed by atoms with van der Waals surface area (Å²) < 4.78 is 16.2. The number of ether oxygens (including phenoxy) is 3. The first-order valence-electron chi connectivity index (χ1n) is 6.41. The summed E-state index contributed by atoms with van der Waals surface area (Å²) in [5.41, 5.74) is -1.20. The molecule has 0 spiro atoms. The molecule has 1 fully saturated rings. The van der Waals surface area contributed by atoms with Gasteiger partial charge in [0, 0.05) is 12.3 Å². The molecule has 0 saturated carbocycles. The molecule has 9 nitrogen and oxygen atoms in total. The third-order valence-corrected chi connectivity index (χ3v) is 3.75. The fourth-order valence-corrected chi connectivity index (χ4v) is 2.45. The van der Waals surface area contributed by atoms with Crippen molar-refractivity contribution in [1.82, 2.24) is 9.55 Å². The molecule has 4 atom stereocenters. The van der Waals surface area contributed by atoms with E-state index in [-0.39, 0.29) is 13.2 Å². The maximum absolute atomic E-state index is 11.7. The first-order valence-corrected chi connectivity index (χ1v) is 6.93. The quantitative estimate of drug-likeness (QED) is 0.433. The van der Waals surface area contributed by atoms with Gasteiger partial charge < -0.3 is 19.3 Å². The molecule has 10 heteroatoms. The smallest absolute Gasteiger partial charge is 0.331 e. The van der Waals surface area contributed by atoms with Crippen LogP contribution in [0.2, 0.25) is 0 Å². The number of H-pyrrole nitrogens is 1. The highest BCUT2D eigenvalue weighted by Crippen LogP contribution is 2.32. The van der Waals surface area contributed by atoms with E-state index in [9.17, 15) is 19.5 Å². The fraction of sp³-hybridized carbons (Fsp3) is 0.583. The Balaban J connectivity index is 2.05. The van der Waals surface area contributed by atoms with Crippen molar-refractivity contribution in [3.63, 3.8) is 0 Å². The van der Waals surface area contributed by atoms with Crippen LogP contribution < -0.4 is 11.2 Å². The monoisotopic (exact) mass is 332 g/mol. The van der Waals surface area contributed by atoms with E-state index in [1.807, 2.05) is 0 Å². The van der Waals surface area contributed by atoms with E-state index in [1.54, 1.807) is 0 Å². The van der Waals surface area contributed by atoms with Crippen LogP contribution in [0.1, 0.15) is 6.23 Å². The molecule has 0 amide bonds. The zero-order valence-corrected chi connectivity index (χ0v) is 12.6. The molecule has 1 saturated heterocycles. The van der Waals surface area contributed by atoms with Gasteiger partial charge in [-0.25, -0.2) is 9.59 Å². The number of aliphatic hydroxyl groups is 1. The molecule has 2 N–H and O–H groups in total. The highest BCUT2D eigenvalue weighted by Gasteiger charge is 2.43. The summed E-state index contributed by atoms with van der Waals surface area (Å²) in [6, 6.07) is 1.17. The highest BCUT2D eigenvalue weighted by atomic mass is 32.1. The first kappa shape index (κ1) is 16.7. The van der Waals surface area contributed by atoms with Crippen molar-refractivity contribution >= 4 is 18.6 Å². The minimum absolute atomic E-state index is 0.0675. The van der Waals surface area contributed by atoms with Crippen LogP contribution in [0, 0.1) is 0 Å². The van der Waals surface area contributed by atoms with Crippen LogP contribution in [0.5, 0.6) is 0 Å². The van der Waals surface area contributed by atoms with Gasteiger partial charge in [-0.2, -0.15) is 12.6 Å². The molecule has 0 aliphatic carbocycles. The zero-order valence-electron chi connectivity index (χ0n) is 11.7. The predicted octanol–water partition coefficient (Wildman–Crippen LogP) is -1.72. The van der Waals surface area contributed by atoms with E-state index in [0.29, 0.717) is 0 Å².